The predicted octanol–water partition coefficient (Wildman–Crippen LogP) is 5.19. The van der Waals surface area contributed by atoms with Crippen molar-refractivity contribution in [3.63, 3.8) is 0 Å². The van der Waals surface area contributed by atoms with Crippen molar-refractivity contribution in [3.8, 4) is 0 Å². The molecule has 3 nitrogen and oxygen atoms in total. The maximum Gasteiger partial charge on any atom is 0.128 e. The van der Waals surface area contributed by atoms with Crippen LogP contribution in [-0.4, -0.2) is 29.5 Å². The first-order chi connectivity index (χ1) is 12.9. The predicted molar refractivity (Wildman–Crippen MR) is 108 cm³/mol. The second-order valence-corrected chi connectivity index (χ2v) is 7.82. The molecule has 0 spiro atoms. The van der Waals surface area contributed by atoms with Crippen LogP contribution in [0.25, 0.3) is 0 Å². The summed E-state index contributed by atoms with van der Waals surface area (Å²) in [5, 5.41) is 0. The molecule has 0 N–H and O–H groups in total. The van der Waals surface area contributed by atoms with Crippen molar-refractivity contribution in [2.24, 2.45) is 0 Å². The fraction of sp³-hybridized carbons (Fsp3) is 0.522. The number of pyridine rings is 1. The van der Waals surface area contributed by atoms with Crippen LogP contribution in [0.3, 0.4) is 0 Å². The Hall–Kier alpha value is -1.87. The molecule has 2 aliphatic heterocycles. The third kappa shape index (κ3) is 4.27. The van der Waals surface area contributed by atoms with Gasteiger partial charge in [0.2, 0.25) is 0 Å². The Bertz CT molecular complexity index is 660. The molecule has 2 saturated heterocycles. The van der Waals surface area contributed by atoms with E-state index >= 15 is 0 Å². The minimum atomic E-state index is 0.509. The van der Waals surface area contributed by atoms with Gasteiger partial charge in [0.05, 0.1) is 0 Å². The molecule has 3 heteroatoms. The smallest absolute Gasteiger partial charge is 0.128 e. The molecule has 3 heterocycles. The van der Waals surface area contributed by atoms with Crippen LogP contribution in [0.4, 0.5) is 5.82 Å². The van der Waals surface area contributed by atoms with E-state index in [9.17, 15) is 0 Å². The Morgan fingerprint density at radius 2 is 1.58 bits per heavy atom. The van der Waals surface area contributed by atoms with Gasteiger partial charge >= 0.3 is 0 Å². The monoisotopic (exact) mass is 349 g/mol. The molecule has 2 aliphatic rings. The number of hydrogen-bond acceptors (Lipinski definition) is 3. The van der Waals surface area contributed by atoms with E-state index in [1.54, 1.807) is 0 Å². The highest BCUT2D eigenvalue weighted by atomic mass is 15.2. The lowest BCUT2D eigenvalue weighted by Gasteiger charge is -2.36. The van der Waals surface area contributed by atoms with E-state index in [1.807, 2.05) is 0 Å². The van der Waals surface area contributed by atoms with Crippen LogP contribution in [0.5, 0.6) is 0 Å². The molecular weight excluding hydrogens is 318 g/mol. The number of benzene rings is 1. The van der Waals surface area contributed by atoms with Crippen LogP contribution in [0, 0.1) is 0 Å². The van der Waals surface area contributed by atoms with Crippen LogP contribution in [-0.2, 0) is 6.54 Å². The minimum Gasteiger partial charge on any atom is -0.357 e. The normalized spacial score (nSPS) is 22.2. The number of rotatable bonds is 4. The molecule has 1 aromatic heterocycles. The maximum absolute atomic E-state index is 4.86. The molecule has 2 fully saturated rings. The Morgan fingerprint density at radius 3 is 2.31 bits per heavy atom. The van der Waals surface area contributed by atoms with Gasteiger partial charge in [-0.2, -0.15) is 0 Å². The lowest BCUT2D eigenvalue weighted by molar-refractivity contribution is 0.140. The van der Waals surface area contributed by atoms with Gasteiger partial charge in [-0.15, -0.1) is 0 Å². The summed E-state index contributed by atoms with van der Waals surface area (Å²) in [6.07, 6.45) is 11.4. The molecule has 0 aliphatic carbocycles. The Kier molecular flexibility index (Phi) is 5.85. The zero-order chi connectivity index (χ0) is 17.6. The van der Waals surface area contributed by atoms with Crippen LogP contribution >= 0.6 is 0 Å². The van der Waals surface area contributed by atoms with Crippen molar-refractivity contribution in [2.75, 3.05) is 24.5 Å². The van der Waals surface area contributed by atoms with E-state index in [1.165, 1.54) is 68.4 Å². The standard InChI is InChI=1S/C23H31N3/c1-2-8-16-25(15-7-1)23-14-13-21(18-24-23)22-12-6-9-17-26(22)19-20-10-4-3-5-11-20/h3-5,10-11,13-14,18,22H,1-2,6-9,12,15-17,19H2. The van der Waals surface area contributed by atoms with Gasteiger partial charge in [-0.05, 0) is 49.4 Å². The highest BCUT2D eigenvalue weighted by molar-refractivity contribution is 5.40. The zero-order valence-electron chi connectivity index (χ0n) is 15.8. The van der Waals surface area contributed by atoms with Crippen molar-refractivity contribution >= 4 is 5.82 Å². The fourth-order valence-corrected chi connectivity index (χ4v) is 4.46. The average molecular weight is 350 g/mol. The molecule has 1 atom stereocenters. The molecular formula is C23H31N3. The minimum absolute atomic E-state index is 0.509. The van der Waals surface area contributed by atoms with E-state index in [4.69, 9.17) is 4.98 Å². The molecule has 4 rings (SSSR count). The van der Waals surface area contributed by atoms with Gasteiger partial charge in [0.1, 0.15) is 5.82 Å². The zero-order valence-corrected chi connectivity index (χ0v) is 15.8. The average Bonchev–Trinajstić information content (AvgIpc) is 2.99. The summed E-state index contributed by atoms with van der Waals surface area (Å²) in [5.74, 6) is 1.17. The Labute approximate surface area is 158 Å². The number of nitrogens with zero attached hydrogens (tertiary/aromatic N) is 3. The van der Waals surface area contributed by atoms with Gasteiger partial charge in [-0.1, -0.05) is 55.7 Å². The van der Waals surface area contributed by atoms with Crippen LogP contribution in [0.1, 0.15) is 62.1 Å². The van der Waals surface area contributed by atoms with E-state index in [2.05, 4.69) is 58.5 Å². The highest BCUT2D eigenvalue weighted by Crippen LogP contribution is 2.32. The van der Waals surface area contributed by atoms with Crippen LogP contribution in [0.15, 0.2) is 48.7 Å². The maximum atomic E-state index is 4.86. The first-order valence-electron chi connectivity index (χ1n) is 10.4. The second-order valence-electron chi connectivity index (χ2n) is 7.82. The van der Waals surface area contributed by atoms with Crippen molar-refractivity contribution < 1.29 is 0 Å². The molecule has 2 aromatic rings. The number of likely N-dealkylation sites (tertiary alicyclic amines) is 1. The number of aromatic nitrogens is 1. The van der Waals surface area contributed by atoms with Crippen LogP contribution < -0.4 is 4.90 Å². The molecule has 0 bridgehead atoms. The van der Waals surface area contributed by atoms with Gasteiger partial charge < -0.3 is 4.90 Å². The molecule has 0 amide bonds. The van der Waals surface area contributed by atoms with E-state index in [0.29, 0.717) is 6.04 Å². The summed E-state index contributed by atoms with van der Waals surface area (Å²) >= 11 is 0. The first kappa shape index (κ1) is 17.5. The summed E-state index contributed by atoms with van der Waals surface area (Å²) in [6, 6.07) is 16.0. The summed E-state index contributed by atoms with van der Waals surface area (Å²) in [6.45, 7) is 4.55. The van der Waals surface area contributed by atoms with Crippen molar-refractivity contribution in [1.29, 1.82) is 0 Å². The van der Waals surface area contributed by atoms with Crippen molar-refractivity contribution in [2.45, 2.75) is 57.5 Å². The molecule has 1 unspecified atom stereocenters. The first-order valence-corrected chi connectivity index (χ1v) is 10.4. The summed E-state index contributed by atoms with van der Waals surface area (Å²) in [4.78, 5) is 9.97. The van der Waals surface area contributed by atoms with Crippen molar-refractivity contribution in [3.05, 3.63) is 59.8 Å². The Morgan fingerprint density at radius 1 is 0.808 bits per heavy atom. The molecule has 0 saturated carbocycles. The van der Waals surface area contributed by atoms with Gasteiger partial charge in [-0.3, -0.25) is 4.90 Å². The summed E-state index contributed by atoms with van der Waals surface area (Å²) < 4.78 is 0. The highest BCUT2D eigenvalue weighted by Gasteiger charge is 2.24. The molecule has 26 heavy (non-hydrogen) atoms. The number of anilines is 1. The van der Waals surface area contributed by atoms with Gasteiger partial charge in [0, 0.05) is 31.9 Å². The quantitative estimate of drug-likeness (QED) is 0.757. The molecule has 138 valence electrons. The third-order valence-corrected chi connectivity index (χ3v) is 5.93. The van der Waals surface area contributed by atoms with Gasteiger partial charge in [-0.25, -0.2) is 4.98 Å². The SMILES string of the molecule is c1ccc(CN2CCCCC2c2ccc(N3CCCCCC3)nc2)cc1. The van der Waals surface area contributed by atoms with Gasteiger partial charge in [0.15, 0.2) is 0 Å². The van der Waals surface area contributed by atoms with E-state index < -0.39 is 0 Å². The van der Waals surface area contributed by atoms with Crippen LogP contribution in [0.2, 0.25) is 0 Å². The summed E-state index contributed by atoms with van der Waals surface area (Å²) in [5.41, 5.74) is 2.80. The number of piperidine rings is 1. The van der Waals surface area contributed by atoms with E-state index in [0.717, 1.165) is 19.6 Å². The fourth-order valence-electron chi connectivity index (χ4n) is 4.46. The third-order valence-electron chi connectivity index (χ3n) is 5.93. The lowest BCUT2D eigenvalue weighted by Crippen LogP contribution is -2.33. The second kappa shape index (κ2) is 8.68. The molecule has 1 aromatic carbocycles. The largest absolute Gasteiger partial charge is 0.357 e. The Balaban J connectivity index is 1.47. The van der Waals surface area contributed by atoms with E-state index in [-0.39, 0.29) is 0 Å². The lowest BCUT2D eigenvalue weighted by atomic mass is 9.95. The van der Waals surface area contributed by atoms with Gasteiger partial charge in [0.25, 0.3) is 0 Å². The van der Waals surface area contributed by atoms with Crippen molar-refractivity contribution in [1.82, 2.24) is 9.88 Å². The summed E-state index contributed by atoms with van der Waals surface area (Å²) in [7, 11) is 0. The number of hydrogen-bond donors (Lipinski definition) is 0. The molecule has 0 radical (unpaired) electrons. The topological polar surface area (TPSA) is 19.4 Å².